The van der Waals surface area contributed by atoms with Gasteiger partial charge in [-0.3, -0.25) is 4.79 Å². The number of amides is 1. The summed E-state index contributed by atoms with van der Waals surface area (Å²) in [5, 5.41) is 4.50. The lowest BCUT2D eigenvalue weighted by atomic mass is 10.1. The highest BCUT2D eigenvalue weighted by Gasteiger charge is 2.24. The minimum atomic E-state index is -3.63. The molecule has 0 fully saturated rings. The summed E-state index contributed by atoms with van der Waals surface area (Å²) in [6.45, 7) is 7.70. The molecular weight excluding hydrogens is 370 g/mol. The second-order valence-corrected chi connectivity index (χ2v) is 9.13. The summed E-state index contributed by atoms with van der Waals surface area (Å²) < 4.78 is 26.1. The van der Waals surface area contributed by atoms with Gasteiger partial charge in [0.2, 0.25) is 5.91 Å². The smallest absolute Gasteiger partial charge is 0.252 e. The van der Waals surface area contributed by atoms with E-state index in [0.717, 1.165) is 40.0 Å². The number of benzene rings is 1. The molecule has 26 heavy (non-hydrogen) atoms. The number of sulfonamides is 1. The molecule has 0 aliphatic carbocycles. The zero-order valence-electron chi connectivity index (χ0n) is 15.5. The largest absolute Gasteiger partial charge is 0.372 e. The molecule has 0 atom stereocenters. The lowest BCUT2D eigenvalue weighted by Gasteiger charge is -2.22. The molecule has 0 bridgehead atoms. The van der Waals surface area contributed by atoms with Gasteiger partial charge in [0.15, 0.2) is 0 Å². The van der Waals surface area contributed by atoms with Crippen molar-refractivity contribution in [1.29, 1.82) is 0 Å². The van der Waals surface area contributed by atoms with Crippen LogP contribution in [0, 0.1) is 6.92 Å². The molecule has 8 heteroatoms. The molecule has 1 amide bonds. The van der Waals surface area contributed by atoms with Crippen molar-refractivity contribution in [2.24, 2.45) is 0 Å². The molecule has 1 N–H and O–H groups in total. The van der Waals surface area contributed by atoms with Crippen molar-refractivity contribution in [2.75, 3.05) is 36.9 Å². The zero-order valence-corrected chi connectivity index (χ0v) is 17.2. The van der Waals surface area contributed by atoms with E-state index < -0.39 is 10.0 Å². The number of nitrogens with one attached hydrogen (secondary N) is 1. The summed E-state index contributed by atoms with van der Waals surface area (Å²) in [6, 6.07) is 9.04. The van der Waals surface area contributed by atoms with Crippen molar-refractivity contribution >= 4 is 38.6 Å². The Hall–Kier alpha value is -1.90. The normalized spacial score (nSPS) is 11.6. The van der Waals surface area contributed by atoms with Gasteiger partial charge in [0.05, 0.1) is 6.54 Å². The SMILES string of the molecule is CCN(CC)c1ccc(NC(=O)CN(C)S(=O)(=O)c2cccs2)c(C)c1. The van der Waals surface area contributed by atoms with Crippen molar-refractivity contribution < 1.29 is 13.2 Å². The number of thiophene rings is 1. The van der Waals surface area contributed by atoms with Crippen LogP contribution in [-0.2, 0) is 14.8 Å². The van der Waals surface area contributed by atoms with E-state index in [-0.39, 0.29) is 16.7 Å². The average Bonchev–Trinajstić information content (AvgIpc) is 3.13. The van der Waals surface area contributed by atoms with Gasteiger partial charge in [-0.2, -0.15) is 4.31 Å². The van der Waals surface area contributed by atoms with E-state index in [1.54, 1.807) is 11.4 Å². The topological polar surface area (TPSA) is 69.7 Å². The highest BCUT2D eigenvalue weighted by molar-refractivity contribution is 7.91. The van der Waals surface area contributed by atoms with Crippen LogP contribution in [0.5, 0.6) is 0 Å². The average molecular weight is 396 g/mol. The Kier molecular flexibility index (Phi) is 6.80. The van der Waals surface area contributed by atoms with Crippen LogP contribution in [0.15, 0.2) is 39.9 Å². The first-order chi connectivity index (χ1) is 12.3. The maximum atomic E-state index is 12.4. The van der Waals surface area contributed by atoms with E-state index in [1.165, 1.54) is 13.1 Å². The number of carbonyl (C=O) groups excluding carboxylic acids is 1. The number of anilines is 2. The standard InChI is InChI=1S/C18H25N3O3S2/c1-5-21(6-2)15-9-10-16(14(3)12-15)19-17(22)13-20(4)26(23,24)18-8-7-11-25-18/h7-12H,5-6,13H2,1-4H3,(H,19,22). The quantitative estimate of drug-likeness (QED) is 0.745. The van der Waals surface area contributed by atoms with Gasteiger partial charge in [-0.1, -0.05) is 6.07 Å². The highest BCUT2D eigenvalue weighted by Crippen LogP contribution is 2.23. The fourth-order valence-corrected chi connectivity index (χ4v) is 4.94. The van der Waals surface area contributed by atoms with Crippen LogP contribution in [0.2, 0.25) is 0 Å². The number of carbonyl (C=O) groups is 1. The number of rotatable bonds is 8. The third kappa shape index (κ3) is 4.63. The zero-order chi connectivity index (χ0) is 19.3. The number of hydrogen-bond acceptors (Lipinski definition) is 5. The number of likely N-dealkylation sites (N-methyl/N-ethyl adjacent to an activating group) is 1. The third-order valence-corrected chi connectivity index (χ3v) is 7.31. The lowest BCUT2D eigenvalue weighted by Crippen LogP contribution is -2.34. The molecule has 1 heterocycles. The summed E-state index contributed by atoms with van der Waals surface area (Å²) in [5.74, 6) is -0.369. The van der Waals surface area contributed by atoms with Crippen LogP contribution in [-0.4, -0.2) is 45.3 Å². The van der Waals surface area contributed by atoms with Crippen LogP contribution in [0.1, 0.15) is 19.4 Å². The number of nitrogens with zero attached hydrogens (tertiary/aromatic N) is 2. The summed E-state index contributed by atoms with van der Waals surface area (Å²) >= 11 is 1.13. The lowest BCUT2D eigenvalue weighted by molar-refractivity contribution is -0.116. The van der Waals surface area contributed by atoms with Crippen molar-refractivity contribution in [3.05, 3.63) is 41.3 Å². The fourth-order valence-electron chi connectivity index (χ4n) is 2.61. The minimum Gasteiger partial charge on any atom is -0.372 e. The van der Waals surface area contributed by atoms with Gasteiger partial charge < -0.3 is 10.2 Å². The maximum Gasteiger partial charge on any atom is 0.252 e. The second-order valence-electron chi connectivity index (χ2n) is 5.91. The fraction of sp³-hybridized carbons (Fsp3) is 0.389. The molecular formula is C18H25N3O3S2. The Bertz CT molecular complexity index is 845. The Morgan fingerprint density at radius 3 is 2.42 bits per heavy atom. The Balaban J connectivity index is 2.06. The van der Waals surface area contributed by atoms with Gasteiger partial charge in [0, 0.05) is 31.5 Å². The maximum absolute atomic E-state index is 12.4. The van der Waals surface area contributed by atoms with Crippen LogP contribution in [0.25, 0.3) is 0 Å². The molecule has 1 aromatic carbocycles. The molecule has 0 aliphatic heterocycles. The van der Waals surface area contributed by atoms with Crippen LogP contribution in [0.3, 0.4) is 0 Å². The van der Waals surface area contributed by atoms with Crippen LogP contribution >= 0.6 is 11.3 Å². The van der Waals surface area contributed by atoms with Gasteiger partial charge >= 0.3 is 0 Å². The monoisotopic (exact) mass is 395 g/mol. The van der Waals surface area contributed by atoms with Gasteiger partial charge in [-0.05, 0) is 56.0 Å². The Morgan fingerprint density at radius 2 is 1.88 bits per heavy atom. The molecule has 0 aliphatic rings. The first kappa shape index (κ1) is 20.4. The number of aryl methyl sites for hydroxylation is 1. The molecule has 0 radical (unpaired) electrons. The van der Waals surface area contributed by atoms with E-state index in [1.807, 2.05) is 25.1 Å². The Morgan fingerprint density at radius 1 is 1.19 bits per heavy atom. The van der Waals surface area contributed by atoms with Gasteiger partial charge in [-0.25, -0.2) is 8.42 Å². The third-order valence-electron chi connectivity index (χ3n) is 4.14. The molecule has 6 nitrogen and oxygen atoms in total. The molecule has 1 aromatic heterocycles. The molecule has 2 rings (SSSR count). The van der Waals surface area contributed by atoms with Gasteiger partial charge in [0.25, 0.3) is 10.0 Å². The summed E-state index contributed by atoms with van der Waals surface area (Å²) in [6.07, 6.45) is 0. The molecule has 2 aromatic rings. The molecule has 0 spiro atoms. The minimum absolute atomic E-state index is 0.229. The predicted octanol–water partition coefficient (Wildman–Crippen LogP) is 3.16. The van der Waals surface area contributed by atoms with E-state index in [4.69, 9.17) is 0 Å². The van der Waals surface area contributed by atoms with Gasteiger partial charge in [0.1, 0.15) is 4.21 Å². The van der Waals surface area contributed by atoms with Crippen molar-refractivity contribution in [1.82, 2.24) is 4.31 Å². The van der Waals surface area contributed by atoms with E-state index in [9.17, 15) is 13.2 Å². The first-order valence-corrected chi connectivity index (χ1v) is 10.8. The van der Waals surface area contributed by atoms with Crippen LogP contribution in [0.4, 0.5) is 11.4 Å². The number of hydrogen-bond donors (Lipinski definition) is 1. The summed E-state index contributed by atoms with van der Waals surface area (Å²) in [7, 11) is -2.23. The molecule has 0 saturated heterocycles. The van der Waals surface area contributed by atoms with E-state index in [2.05, 4.69) is 24.1 Å². The van der Waals surface area contributed by atoms with Gasteiger partial charge in [-0.15, -0.1) is 11.3 Å². The summed E-state index contributed by atoms with van der Waals surface area (Å²) in [4.78, 5) is 14.5. The molecule has 0 saturated carbocycles. The van der Waals surface area contributed by atoms with Crippen LogP contribution < -0.4 is 10.2 Å². The van der Waals surface area contributed by atoms with E-state index in [0.29, 0.717) is 5.69 Å². The van der Waals surface area contributed by atoms with Crippen molar-refractivity contribution in [2.45, 2.75) is 25.0 Å². The Labute approximate surface area is 159 Å². The first-order valence-electron chi connectivity index (χ1n) is 8.44. The molecule has 0 unspecified atom stereocenters. The highest BCUT2D eigenvalue weighted by atomic mass is 32.2. The van der Waals surface area contributed by atoms with Crippen molar-refractivity contribution in [3.8, 4) is 0 Å². The predicted molar refractivity (Wildman–Crippen MR) is 108 cm³/mol. The summed E-state index contributed by atoms with van der Waals surface area (Å²) in [5.41, 5.74) is 2.72. The van der Waals surface area contributed by atoms with Crippen molar-refractivity contribution in [3.63, 3.8) is 0 Å². The second kappa shape index (κ2) is 8.66. The van der Waals surface area contributed by atoms with E-state index >= 15 is 0 Å². The molecule has 142 valence electrons.